The number of nitrogens with zero attached hydrogens (tertiary/aromatic N) is 1. The van der Waals surface area contributed by atoms with Crippen LogP contribution in [0.3, 0.4) is 0 Å². The molecule has 0 aliphatic carbocycles. The summed E-state index contributed by atoms with van der Waals surface area (Å²) in [6.07, 6.45) is 1.02. The first kappa shape index (κ1) is 16.0. The highest BCUT2D eigenvalue weighted by molar-refractivity contribution is 7.09. The molecule has 0 bridgehead atoms. The van der Waals surface area contributed by atoms with E-state index in [2.05, 4.69) is 10.3 Å². The van der Waals surface area contributed by atoms with E-state index in [0.29, 0.717) is 24.6 Å². The Kier molecular flexibility index (Phi) is 5.25. The van der Waals surface area contributed by atoms with Crippen molar-refractivity contribution in [3.63, 3.8) is 0 Å². The summed E-state index contributed by atoms with van der Waals surface area (Å²) in [5, 5.41) is 5.97. The lowest BCUT2D eigenvalue weighted by atomic mass is 10.1. The van der Waals surface area contributed by atoms with Crippen LogP contribution in [0.25, 0.3) is 0 Å². The molecule has 1 saturated heterocycles. The number of benzene rings is 1. The summed E-state index contributed by atoms with van der Waals surface area (Å²) in [4.78, 5) is 16.4. The van der Waals surface area contributed by atoms with Gasteiger partial charge in [0, 0.05) is 30.0 Å². The maximum absolute atomic E-state index is 12.1. The Bertz CT molecular complexity index is 648. The van der Waals surface area contributed by atoms with Crippen molar-refractivity contribution in [3.05, 3.63) is 45.9 Å². The van der Waals surface area contributed by atoms with Gasteiger partial charge in [-0.15, -0.1) is 11.3 Å². The molecule has 1 aliphatic rings. The van der Waals surface area contributed by atoms with Crippen LogP contribution in [0.15, 0.2) is 29.6 Å². The summed E-state index contributed by atoms with van der Waals surface area (Å²) in [5.74, 6) is 1.11. The predicted molar refractivity (Wildman–Crippen MR) is 88.9 cm³/mol. The highest BCUT2D eigenvalue weighted by Crippen LogP contribution is 2.16. The van der Waals surface area contributed by atoms with Gasteiger partial charge >= 0.3 is 0 Å². The zero-order valence-corrected chi connectivity index (χ0v) is 13.9. The Morgan fingerprint density at radius 3 is 2.91 bits per heavy atom. The Morgan fingerprint density at radius 1 is 1.43 bits per heavy atom. The van der Waals surface area contributed by atoms with Gasteiger partial charge in [0.2, 0.25) is 0 Å². The molecular weight excluding hydrogens is 312 g/mol. The zero-order valence-electron chi connectivity index (χ0n) is 13.1. The number of carbonyl (C=O) groups excluding carboxylic acids is 1. The minimum absolute atomic E-state index is 0.0569. The average molecular weight is 332 g/mol. The largest absolute Gasteiger partial charge is 0.487 e. The summed E-state index contributed by atoms with van der Waals surface area (Å²) in [5.41, 5.74) is 1.56. The Labute approximate surface area is 139 Å². The number of thiazole rings is 1. The number of nitrogens with one attached hydrogen (secondary N) is 1. The minimum atomic E-state index is -0.0569. The highest BCUT2D eigenvalue weighted by atomic mass is 32.1. The molecule has 2 aromatic rings. The second-order valence-corrected chi connectivity index (χ2v) is 6.67. The molecule has 0 saturated carbocycles. The molecule has 1 aromatic carbocycles. The second kappa shape index (κ2) is 7.57. The number of hydrogen-bond donors (Lipinski definition) is 1. The fourth-order valence-corrected chi connectivity index (χ4v) is 3.02. The van der Waals surface area contributed by atoms with E-state index in [1.54, 1.807) is 23.5 Å². The van der Waals surface area contributed by atoms with Gasteiger partial charge in [-0.3, -0.25) is 4.79 Å². The molecule has 2 heterocycles. The number of ether oxygens (including phenoxy) is 2. The molecule has 3 rings (SSSR count). The van der Waals surface area contributed by atoms with Crippen LogP contribution in [0.2, 0.25) is 0 Å². The lowest BCUT2D eigenvalue weighted by molar-refractivity contribution is 0.0945. The number of amides is 1. The SMILES string of the molecule is Cc1nc(COc2ccc(C(=O)NCC3CCOC3)cc2)cs1. The Balaban J connectivity index is 1.48. The van der Waals surface area contributed by atoms with E-state index in [1.165, 1.54) is 0 Å². The molecule has 1 fully saturated rings. The van der Waals surface area contributed by atoms with Crippen molar-refractivity contribution in [2.75, 3.05) is 19.8 Å². The first-order valence-corrected chi connectivity index (χ1v) is 8.58. The van der Waals surface area contributed by atoms with Gasteiger partial charge in [0.25, 0.3) is 5.91 Å². The fraction of sp³-hybridized carbons (Fsp3) is 0.412. The topological polar surface area (TPSA) is 60.5 Å². The van der Waals surface area contributed by atoms with Crippen LogP contribution in [-0.2, 0) is 11.3 Å². The van der Waals surface area contributed by atoms with Crippen LogP contribution in [0.5, 0.6) is 5.75 Å². The van der Waals surface area contributed by atoms with Crippen molar-refractivity contribution in [2.24, 2.45) is 5.92 Å². The predicted octanol–water partition coefficient (Wildman–Crippen LogP) is 2.80. The molecule has 1 atom stereocenters. The maximum atomic E-state index is 12.1. The normalized spacial score (nSPS) is 17.2. The van der Waals surface area contributed by atoms with Crippen LogP contribution in [-0.4, -0.2) is 30.6 Å². The van der Waals surface area contributed by atoms with Crippen LogP contribution >= 0.6 is 11.3 Å². The van der Waals surface area contributed by atoms with Gasteiger partial charge in [-0.2, -0.15) is 0 Å². The zero-order chi connectivity index (χ0) is 16.1. The monoisotopic (exact) mass is 332 g/mol. The number of rotatable bonds is 6. The van der Waals surface area contributed by atoms with Crippen LogP contribution in [0.4, 0.5) is 0 Å². The lowest BCUT2D eigenvalue weighted by Gasteiger charge is -2.10. The highest BCUT2D eigenvalue weighted by Gasteiger charge is 2.16. The molecule has 122 valence electrons. The quantitative estimate of drug-likeness (QED) is 0.884. The molecule has 5 nitrogen and oxygen atoms in total. The van der Waals surface area contributed by atoms with Crippen LogP contribution in [0, 0.1) is 12.8 Å². The van der Waals surface area contributed by atoms with Crippen molar-refractivity contribution in [2.45, 2.75) is 20.0 Å². The molecule has 0 spiro atoms. The summed E-state index contributed by atoms with van der Waals surface area (Å²) in [7, 11) is 0. The van der Waals surface area contributed by atoms with Crippen LogP contribution in [0.1, 0.15) is 27.5 Å². The maximum Gasteiger partial charge on any atom is 0.251 e. The van der Waals surface area contributed by atoms with Crippen molar-refractivity contribution >= 4 is 17.2 Å². The third-order valence-corrected chi connectivity index (χ3v) is 4.57. The van der Waals surface area contributed by atoms with Crippen molar-refractivity contribution < 1.29 is 14.3 Å². The number of aryl methyl sites for hydroxylation is 1. The second-order valence-electron chi connectivity index (χ2n) is 5.61. The molecule has 1 N–H and O–H groups in total. The van der Waals surface area contributed by atoms with E-state index in [0.717, 1.165) is 36.1 Å². The van der Waals surface area contributed by atoms with Gasteiger partial charge in [0.1, 0.15) is 12.4 Å². The first-order valence-electron chi connectivity index (χ1n) is 7.70. The van der Waals surface area contributed by atoms with E-state index in [1.807, 2.05) is 24.4 Å². The van der Waals surface area contributed by atoms with Crippen molar-refractivity contribution in [1.29, 1.82) is 0 Å². The summed E-state index contributed by atoms with van der Waals surface area (Å²) < 4.78 is 11.0. The standard InChI is InChI=1S/C17H20N2O3S/c1-12-19-15(11-23-12)10-22-16-4-2-14(3-5-16)17(20)18-8-13-6-7-21-9-13/h2-5,11,13H,6-10H2,1H3,(H,18,20). The molecule has 1 amide bonds. The third kappa shape index (κ3) is 4.53. The van der Waals surface area contributed by atoms with Gasteiger partial charge in [-0.05, 0) is 37.6 Å². The molecule has 1 aliphatic heterocycles. The van der Waals surface area contributed by atoms with E-state index in [9.17, 15) is 4.79 Å². The van der Waals surface area contributed by atoms with E-state index >= 15 is 0 Å². The average Bonchev–Trinajstić information content (AvgIpc) is 3.22. The molecule has 0 radical (unpaired) electrons. The van der Waals surface area contributed by atoms with Gasteiger partial charge in [-0.1, -0.05) is 0 Å². The summed E-state index contributed by atoms with van der Waals surface area (Å²) in [6.45, 7) is 4.62. The Morgan fingerprint density at radius 2 is 2.26 bits per heavy atom. The molecular formula is C17H20N2O3S. The minimum Gasteiger partial charge on any atom is -0.487 e. The fourth-order valence-electron chi connectivity index (χ4n) is 2.42. The van der Waals surface area contributed by atoms with Gasteiger partial charge in [0.05, 0.1) is 17.3 Å². The van der Waals surface area contributed by atoms with E-state index < -0.39 is 0 Å². The first-order chi connectivity index (χ1) is 11.2. The van der Waals surface area contributed by atoms with E-state index in [4.69, 9.17) is 9.47 Å². The Hall–Kier alpha value is -1.92. The number of carbonyl (C=O) groups is 1. The van der Waals surface area contributed by atoms with Gasteiger partial charge in [0.15, 0.2) is 0 Å². The molecule has 23 heavy (non-hydrogen) atoms. The summed E-state index contributed by atoms with van der Waals surface area (Å²) >= 11 is 1.61. The molecule has 1 aromatic heterocycles. The summed E-state index contributed by atoms with van der Waals surface area (Å²) in [6, 6.07) is 7.18. The molecule has 6 heteroatoms. The number of hydrogen-bond acceptors (Lipinski definition) is 5. The van der Waals surface area contributed by atoms with Crippen molar-refractivity contribution in [3.8, 4) is 5.75 Å². The van der Waals surface area contributed by atoms with Crippen LogP contribution < -0.4 is 10.1 Å². The van der Waals surface area contributed by atoms with E-state index in [-0.39, 0.29) is 5.91 Å². The van der Waals surface area contributed by atoms with Gasteiger partial charge < -0.3 is 14.8 Å². The number of aromatic nitrogens is 1. The lowest BCUT2D eigenvalue weighted by Crippen LogP contribution is -2.29. The smallest absolute Gasteiger partial charge is 0.251 e. The van der Waals surface area contributed by atoms with Crippen molar-refractivity contribution in [1.82, 2.24) is 10.3 Å². The van der Waals surface area contributed by atoms with Gasteiger partial charge in [-0.25, -0.2) is 4.98 Å². The molecule has 1 unspecified atom stereocenters. The third-order valence-electron chi connectivity index (χ3n) is 3.75.